The van der Waals surface area contributed by atoms with Crippen molar-refractivity contribution < 1.29 is 42.1 Å². The van der Waals surface area contributed by atoms with Crippen LogP contribution in [0.3, 0.4) is 0 Å². The number of nitriles is 1. The zero-order valence-corrected chi connectivity index (χ0v) is 37.4. The molecular weight excluding hydrogens is 823 g/mol. The van der Waals surface area contributed by atoms with Gasteiger partial charge in [-0.15, -0.1) is 11.3 Å². The lowest BCUT2D eigenvalue weighted by atomic mass is 9.93. The van der Waals surface area contributed by atoms with Crippen molar-refractivity contribution in [1.29, 1.82) is 5.26 Å². The van der Waals surface area contributed by atoms with Gasteiger partial charge in [0, 0.05) is 62.3 Å². The van der Waals surface area contributed by atoms with Crippen LogP contribution in [0.1, 0.15) is 90.3 Å². The topological polar surface area (TPSA) is 164 Å². The van der Waals surface area contributed by atoms with E-state index in [4.69, 9.17) is 28.9 Å². The number of pyridine rings is 1. The number of hydrogen-bond donors (Lipinski definition) is 1. The lowest BCUT2D eigenvalue weighted by Gasteiger charge is -2.42. The number of halogens is 2. The largest absolute Gasteiger partial charge is 0.463 e. The number of benzene rings is 1. The van der Waals surface area contributed by atoms with Gasteiger partial charge in [0.05, 0.1) is 47.4 Å². The van der Waals surface area contributed by atoms with Crippen LogP contribution >= 0.6 is 11.3 Å². The van der Waals surface area contributed by atoms with Crippen LogP contribution in [-0.2, 0) is 32.2 Å². The van der Waals surface area contributed by atoms with Gasteiger partial charge >= 0.3 is 18.2 Å². The van der Waals surface area contributed by atoms with Gasteiger partial charge in [-0.3, -0.25) is 10.3 Å². The molecule has 1 N–H and O–H groups in total. The molecule has 1 saturated carbocycles. The summed E-state index contributed by atoms with van der Waals surface area (Å²) in [4.78, 5) is 46.7. The third-order valence-corrected chi connectivity index (χ3v) is 12.9. The van der Waals surface area contributed by atoms with E-state index in [1.54, 1.807) is 39.9 Å². The second-order valence-corrected chi connectivity index (χ2v) is 19.9. The van der Waals surface area contributed by atoms with Gasteiger partial charge < -0.3 is 38.4 Å². The molecular formula is C44H54F2N8O7S. The Balaban J connectivity index is 0.00000171. The van der Waals surface area contributed by atoms with Crippen molar-refractivity contribution in [2.45, 2.75) is 110 Å². The highest BCUT2D eigenvalue weighted by Gasteiger charge is 2.47. The van der Waals surface area contributed by atoms with Crippen LogP contribution in [0.15, 0.2) is 6.20 Å². The number of carbonyl (C=O) groups is 2. The van der Waals surface area contributed by atoms with Crippen molar-refractivity contribution in [3.8, 4) is 23.3 Å². The van der Waals surface area contributed by atoms with Crippen molar-refractivity contribution in [2.24, 2.45) is 5.41 Å². The van der Waals surface area contributed by atoms with Crippen LogP contribution in [0.2, 0.25) is 0 Å². The molecule has 1 aromatic carbocycles. The van der Waals surface area contributed by atoms with E-state index in [2.05, 4.69) is 30.9 Å². The van der Waals surface area contributed by atoms with Crippen LogP contribution < -0.4 is 15.0 Å². The Morgan fingerprint density at radius 2 is 1.66 bits per heavy atom. The van der Waals surface area contributed by atoms with Crippen molar-refractivity contribution in [2.75, 3.05) is 63.8 Å². The number of amides is 2. The lowest BCUT2D eigenvalue weighted by molar-refractivity contribution is 0.0209. The van der Waals surface area contributed by atoms with Crippen molar-refractivity contribution >= 4 is 55.3 Å². The van der Waals surface area contributed by atoms with Gasteiger partial charge in [0.25, 0.3) is 0 Å². The molecule has 62 heavy (non-hydrogen) atoms. The molecule has 3 aromatic heterocycles. The minimum atomic E-state index is -0.831. The van der Waals surface area contributed by atoms with Crippen LogP contribution in [0.4, 0.5) is 29.2 Å². The normalized spacial score (nSPS) is 20.3. The first-order valence-corrected chi connectivity index (χ1v) is 21.9. The summed E-state index contributed by atoms with van der Waals surface area (Å²) in [6, 6.07) is 1.87. The molecule has 3 saturated heterocycles. The number of aromatic nitrogens is 3. The van der Waals surface area contributed by atoms with E-state index in [-0.39, 0.29) is 80.2 Å². The number of nitrogens with one attached hydrogen (secondary N) is 1. The first kappa shape index (κ1) is 43.7. The number of rotatable bonds is 8. The van der Waals surface area contributed by atoms with E-state index in [1.807, 2.05) is 20.8 Å². The maximum absolute atomic E-state index is 17.9. The van der Waals surface area contributed by atoms with Gasteiger partial charge in [-0.2, -0.15) is 15.2 Å². The van der Waals surface area contributed by atoms with Gasteiger partial charge in [0.15, 0.2) is 11.6 Å². The third-order valence-electron chi connectivity index (χ3n) is 11.7. The third kappa shape index (κ3) is 8.56. The van der Waals surface area contributed by atoms with E-state index in [0.717, 1.165) is 62.9 Å². The number of methoxy groups -OCH3 is 1. The number of ether oxygens (including phenoxy) is 5. The quantitative estimate of drug-likeness (QED) is 0.181. The zero-order valence-electron chi connectivity index (χ0n) is 36.6. The molecule has 4 fully saturated rings. The number of hydrogen-bond acceptors (Lipinski definition) is 14. The van der Waals surface area contributed by atoms with Crippen LogP contribution in [0.5, 0.6) is 6.01 Å². The lowest BCUT2D eigenvalue weighted by Crippen LogP contribution is -2.56. The number of fused-ring (bicyclic) bond motifs is 6. The maximum atomic E-state index is 17.9. The van der Waals surface area contributed by atoms with E-state index in [1.165, 1.54) is 6.42 Å². The minimum absolute atomic E-state index is 0.00840. The first-order chi connectivity index (χ1) is 29.4. The van der Waals surface area contributed by atoms with Crippen molar-refractivity contribution in [3.05, 3.63) is 34.5 Å². The Morgan fingerprint density at radius 3 is 2.26 bits per heavy atom. The number of likely N-dealkylation sites (tertiary alicyclic amines) is 2. The molecule has 1 aliphatic carbocycles. The molecule has 4 aromatic rings. The first-order valence-electron chi connectivity index (χ1n) is 21.1. The van der Waals surface area contributed by atoms with E-state index < -0.39 is 28.9 Å². The monoisotopic (exact) mass is 876 g/mol. The Morgan fingerprint density at radius 1 is 1.00 bits per heavy atom. The van der Waals surface area contributed by atoms with Crippen molar-refractivity contribution in [3.63, 3.8) is 0 Å². The van der Waals surface area contributed by atoms with Crippen molar-refractivity contribution in [1.82, 2.24) is 24.8 Å². The average molecular weight is 877 g/mol. The number of anilines is 2. The Kier molecular flexibility index (Phi) is 11.7. The summed E-state index contributed by atoms with van der Waals surface area (Å²) in [6.45, 7) is 15.0. The molecule has 7 heterocycles. The highest BCUT2D eigenvalue weighted by atomic mass is 32.1. The fraction of sp³-hybridized carbons (Fsp3) is 0.591. The van der Waals surface area contributed by atoms with Gasteiger partial charge in [0.2, 0.25) is 0 Å². The van der Waals surface area contributed by atoms with Gasteiger partial charge in [-0.25, -0.2) is 18.4 Å². The highest BCUT2D eigenvalue weighted by molar-refractivity contribution is 7.23. The summed E-state index contributed by atoms with van der Waals surface area (Å²) in [5.41, 5.74) is -0.396. The minimum Gasteiger partial charge on any atom is -0.463 e. The van der Waals surface area contributed by atoms with Gasteiger partial charge in [0.1, 0.15) is 33.6 Å². The molecule has 2 bridgehead atoms. The molecule has 2 unspecified atom stereocenters. The Bertz CT molecular complexity index is 2440. The fourth-order valence-corrected chi connectivity index (χ4v) is 9.86. The number of nitrogens with zero attached hydrogens (tertiary/aromatic N) is 7. The Labute approximate surface area is 363 Å². The molecule has 5 aliphatic rings. The summed E-state index contributed by atoms with van der Waals surface area (Å²) in [6.07, 6.45) is 4.59. The van der Waals surface area contributed by atoms with E-state index in [0.29, 0.717) is 42.0 Å². The predicted octanol–water partition coefficient (Wildman–Crippen LogP) is 8.15. The van der Waals surface area contributed by atoms with E-state index >= 15 is 8.78 Å². The maximum Gasteiger partial charge on any atom is 0.412 e. The number of carbonyl (C=O) groups excluding carboxylic acids is 2. The summed E-state index contributed by atoms with van der Waals surface area (Å²) >= 11 is 0.846. The summed E-state index contributed by atoms with van der Waals surface area (Å²) in [7, 11) is 3.25. The molecule has 2 amide bonds. The second-order valence-electron chi connectivity index (χ2n) is 18.9. The molecule has 332 valence electrons. The molecule has 0 radical (unpaired) electrons. The molecule has 15 nitrogen and oxygen atoms in total. The SMILES string of the molecule is CC(C)(C)OC(=O)Nc1sc2c(F)cnc(-c3c4c(c5c(N6C7CCC6CN(C(=O)OC(C)(C)C)C7)nc(OCC6(CN7CCC7)CC6)nc5c3F)COC4)c2c1C#N.COC. The molecule has 9 rings (SSSR count). The number of piperazine rings is 1. The number of thiophene rings is 1. The van der Waals surface area contributed by atoms with Crippen LogP contribution in [0, 0.1) is 28.4 Å². The zero-order chi connectivity index (χ0) is 44.3. The average Bonchev–Trinajstić information content (AvgIpc) is 3.45. The molecule has 18 heteroatoms. The van der Waals surface area contributed by atoms with Crippen LogP contribution in [0.25, 0.3) is 32.2 Å². The van der Waals surface area contributed by atoms with Gasteiger partial charge in [-0.05, 0) is 97.9 Å². The van der Waals surface area contributed by atoms with Gasteiger partial charge in [-0.1, -0.05) is 0 Å². The second kappa shape index (κ2) is 16.6. The summed E-state index contributed by atoms with van der Waals surface area (Å²) in [5.74, 6) is -0.961. The molecule has 4 aliphatic heterocycles. The summed E-state index contributed by atoms with van der Waals surface area (Å²) in [5, 5.41) is 13.6. The highest BCUT2D eigenvalue weighted by Crippen LogP contribution is 2.50. The fourth-order valence-electron chi connectivity index (χ4n) is 8.82. The smallest absolute Gasteiger partial charge is 0.412 e. The summed E-state index contributed by atoms with van der Waals surface area (Å²) < 4.78 is 61.4. The predicted molar refractivity (Wildman–Crippen MR) is 229 cm³/mol. The molecule has 0 spiro atoms. The molecule has 2 atom stereocenters. The Hall–Kier alpha value is -4.96. The van der Waals surface area contributed by atoms with E-state index in [9.17, 15) is 14.9 Å². The van der Waals surface area contributed by atoms with Crippen LogP contribution in [-0.4, -0.2) is 114 Å². The standard InChI is InChI=1S/C42H48F2N8O6S.C2H6O/c1-40(2,3)57-38(53)49-36-24(14-45)29-32(46-15-27(43)34(29)59-36)28-25-18-55-19-26(25)30-33(31(28)44)47-37(56-21-42(10-11-42)20-50-12-7-13-50)48-35(30)52-22-8-9-23(52)17-51(16-22)39(54)58-41(4,5)6;1-3-2/h15,22-23H,7-13,16-21H2,1-6H3,(H,49,53);1-2H3.